The highest BCUT2D eigenvalue weighted by Gasteiger charge is 2.21. The minimum absolute atomic E-state index is 0.294. The summed E-state index contributed by atoms with van der Waals surface area (Å²) < 4.78 is 10.7. The first kappa shape index (κ1) is 11.6. The predicted octanol–water partition coefficient (Wildman–Crippen LogP) is 0.791. The summed E-state index contributed by atoms with van der Waals surface area (Å²) >= 11 is 0. The molecule has 0 aromatic heterocycles. The molecule has 0 spiro atoms. The quantitative estimate of drug-likeness (QED) is 0.759. The summed E-state index contributed by atoms with van der Waals surface area (Å²) in [5.74, 6) is 1.56. The number of nitrogen functional groups attached to an aromatic ring is 1. The van der Waals surface area contributed by atoms with Crippen LogP contribution in [0.5, 0.6) is 11.5 Å². The number of nitrogens with one attached hydrogen (secondary N) is 1. The van der Waals surface area contributed by atoms with Crippen LogP contribution in [0, 0.1) is 0 Å². The maximum Gasteiger partial charge on any atom is 0.231 e. The highest BCUT2D eigenvalue weighted by molar-refractivity contribution is 5.58. The first-order valence-corrected chi connectivity index (χ1v) is 6.37. The normalized spacial score (nSPS) is 23.3. The Hall–Kier alpha value is -1.46. The van der Waals surface area contributed by atoms with E-state index in [9.17, 15) is 0 Å². The van der Waals surface area contributed by atoms with Crippen molar-refractivity contribution in [1.29, 1.82) is 0 Å². The zero-order valence-corrected chi connectivity index (χ0v) is 10.6. The fraction of sp³-hybridized carbons (Fsp3) is 0.538. The molecule has 5 nitrogen and oxygen atoms in total. The van der Waals surface area contributed by atoms with E-state index >= 15 is 0 Å². The van der Waals surface area contributed by atoms with E-state index in [4.69, 9.17) is 15.2 Å². The zero-order chi connectivity index (χ0) is 12.5. The van der Waals surface area contributed by atoms with E-state index in [0.717, 1.165) is 48.9 Å². The molecule has 3 N–H and O–H groups in total. The van der Waals surface area contributed by atoms with Gasteiger partial charge in [-0.15, -0.1) is 0 Å². The van der Waals surface area contributed by atoms with Gasteiger partial charge in [-0.1, -0.05) is 0 Å². The number of piperazine rings is 1. The van der Waals surface area contributed by atoms with Crippen LogP contribution in [0.4, 0.5) is 5.69 Å². The number of nitrogens with zero attached hydrogens (tertiary/aromatic N) is 1. The molecular weight excluding hydrogens is 230 g/mol. The Labute approximate surface area is 107 Å². The number of anilines is 1. The lowest BCUT2D eigenvalue weighted by molar-refractivity contribution is 0.165. The third kappa shape index (κ3) is 2.11. The number of nitrogens with two attached hydrogens (primary N) is 1. The first-order chi connectivity index (χ1) is 8.74. The molecule has 1 aromatic rings. The van der Waals surface area contributed by atoms with Gasteiger partial charge in [-0.2, -0.15) is 0 Å². The average molecular weight is 249 g/mol. The van der Waals surface area contributed by atoms with Crippen molar-refractivity contribution >= 4 is 5.69 Å². The van der Waals surface area contributed by atoms with Gasteiger partial charge in [0.1, 0.15) is 0 Å². The summed E-state index contributed by atoms with van der Waals surface area (Å²) in [5, 5.41) is 3.39. The fourth-order valence-corrected chi connectivity index (χ4v) is 2.47. The van der Waals surface area contributed by atoms with Crippen LogP contribution in [0.3, 0.4) is 0 Å². The molecule has 1 unspecified atom stereocenters. The van der Waals surface area contributed by atoms with Crippen molar-refractivity contribution in [3.63, 3.8) is 0 Å². The summed E-state index contributed by atoms with van der Waals surface area (Å²) in [6, 6.07) is 4.40. The largest absolute Gasteiger partial charge is 0.454 e. The van der Waals surface area contributed by atoms with Gasteiger partial charge in [0.15, 0.2) is 11.5 Å². The summed E-state index contributed by atoms with van der Waals surface area (Å²) in [7, 11) is 0. The van der Waals surface area contributed by atoms with Crippen molar-refractivity contribution < 1.29 is 9.47 Å². The number of rotatable bonds is 2. The lowest BCUT2D eigenvalue weighted by atomic mass is 10.1. The van der Waals surface area contributed by atoms with E-state index in [0.29, 0.717) is 12.8 Å². The lowest BCUT2D eigenvalue weighted by Crippen LogP contribution is -2.49. The van der Waals surface area contributed by atoms with Crippen molar-refractivity contribution in [2.45, 2.75) is 19.5 Å². The van der Waals surface area contributed by atoms with Crippen molar-refractivity contribution in [1.82, 2.24) is 10.2 Å². The second kappa shape index (κ2) is 4.66. The van der Waals surface area contributed by atoms with Crippen LogP contribution in [0.2, 0.25) is 0 Å². The van der Waals surface area contributed by atoms with Crippen LogP contribution in [0.1, 0.15) is 12.5 Å². The summed E-state index contributed by atoms with van der Waals surface area (Å²) in [6.45, 7) is 6.51. The SMILES string of the molecule is CC1CNCCN1Cc1cc2c(cc1N)OCO2. The van der Waals surface area contributed by atoms with Gasteiger partial charge in [0.05, 0.1) is 0 Å². The molecule has 1 fully saturated rings. The first-order valence-electron chi connectivity index (χ1n) is 6.37. The highest BCUT2D eigenvalue weighted by Crippen LogP contribution is 2.36. The summed E-state index contributed by atoms with van der Waals surface area (Å²) in [5.41, 5.74) is 7.98. The number of hydrogen-bond acceptors (Lipinski definition) is 5. The Balaban J connectivity index is 1.79. The van der Waals surface area contributed by atoms with Crippen LogP contribution >= 0.6 is 0 Å². The van der Waals surface area contributed by atoms with Crippen molar-refractivity contribution in [2.75, 3.05) is 32.2 Å². The Morgan fingerprint density at radius 1 is 1.39 bits per heavy atom. The van der Waals surface area contributed by atoms with E-state index < -0.39 is 0 Å². The Bertz CT molecular complexity index is 450. The minimum Gasteiger partial charge on any atom is -0.454 e. The molecule has 98 valence electrons. The van der Waals surface area contributed by atoms with E-state index in [1.807, 2.05) is 12.1 Å². The molecule has 1 saturated heterocycles. The Morgan fingerprint density at radius 3 is 2.94 bits per heavy atom. The third-order valence-corrected chi connectivity index (χ3v) is 3.65. The lowest BCUT2D eigenvalue weighted by Gasteiger charge is -2.34. The predicted molar refractivity (Wildman–Crippen MR) is 69.7 cm³/mol. The average Bonchev–Trinajstić information content (AvgIpc) is 2.79. The number of hydrogen-bond donors (Lipinski definition) is 2. The Morgan fingerprint density at radius 2 is 2.17 bits per heavy atom. The van der Waals surface area contributed by atoms with Crippen molar-refractivity contribution in [3.05, 3.63) is 17.7 Å². The van der Waals surface area contributed by atoms with Crippen LogP contribution in [0.15, 0.2) is 12.1 Å². The minimum atomic E-state index is 0.294. The molecular formula is C13H19N3O2. The summed E-state index contributed by atoms with van der Waals surface area (Å²) in [4.78, 5) is 2.43. The standard InChI is InChI=1S/C13H19N3O2/c1-9-6-15-2-3-16(9)7-10-4-12-13(5-11(10)14)18-8-17-12/h4-5,9,15H,2-3,6-8,14H2,1H3. The van der Waals surface area contributed by atoms with Gasteiger partial charge in [0, 0.05) is 44.0 Å². The Kier molecular flexibility index (Phi) is 3.01. The van der Waals surface area contributed by atoms with E-state index in [1.165, 1.54) is 0 Å². The van der Waals surface area contributed by atoms with Crippen LogP contribution in [-0.4, -0.2) is 37.4 Å². The molecule has 2 aliphatic heterocycles. The van der Waals surface area contributed by atoms with Crippen molar-refractivity contribution in [3.8, 4) is 11.5 Å². The molecule has 1 aromatic carbocycles. The molecule has 0 radical (unpaired) electrons. The second-order valence-corrected chi connectivity index (χ2v) is 4.93. The molecule has 2 aliphatic rings. The maximum absolute atomic E-state index is 6.08. The van der Waals surface area contributed by atoms with Gasteiger partial charge in [-0.25, -0.2) is 0 Å². The van der Waals surface area contributed by atoms with Gasteiger partial charge >= 0.3 is 0 Å². The van der Waals surface area contributed by atoms with E-state index in [2.05, 4.69) is 17.1 Å². The van der Waals surface area contributed by atoms with Gasteiger partial charge in [0.2, 0.25) is 6.79 Å². The second-order valence-electron chi connectivity index (χ2n) is 4.93. The van der Waals surface area contributed by atoms with E-state index in [-0.39, 0.29) is 0 Å². The van der Waals surface area contributed by atoms with Gasteiger partial charge in [-0.3, -0.25) is 4.90 Å². The van der Waals surface area contributed by atoms with E-state index in [1.54, 1.807) is 0 Å². The molecule has 18 heavy (non-hydrogen) atoms. The van der Waals surface area contributed by atoms with Gasteiger partial charge in [-0.05, 0) is 18.6 Å². The molecule has 0 amide bonds. The molecule has 0 aliphatic carbocycles. The zero-order valence-electron chi connectivity index (χ0n) is 10.6. The van der Waals surface area contributed by atoms with Crippen LogP contribution < -0.4 is 20.5 Å². The molecule has 0 bridgehead atoms. The molecule has 0 saturated carbocycles. The topological polar surface area (TPSA) is 59.8 Å². The van der Waals surface area contributed by atoms with Gasteiger partial charge < -0.3 is 20.5 Å². The maximum atomic E-state index is 6.08. The summed E-state index contributed by atoms with van der Waals surface area (Å²) in [6.07, 6.45) is 0. The number of benzene rings is 1. The fourth-order valence-electron chi connectivity index (χ4n) is 2.47. The van der Waals surface area contributed by atoms with Crippen molar-refractivity contribution in [2.24, 2.45) is 0 Å². The number of ether oxygens (including phenoxy) is 2. The number of fused-ring (bicyclic) bond motifs is 1. The van der Waals surface area contributed by atoms with Gasteiger partial charge in [0.25, 0.3) is 0 Å². The monoisotopic (exact) mass is 249 g/mol. The van der Waals surface area contributed by atoms with Crippen LogP contribution in [-0.2, 0) is 6.54 Å². The molecule has 1 atom stereocenters. The highest BCUT2D eigenvalue weighted by atomic mass is 16.7. The third-order valence-electron chi connectivity index (χ3n) is 3.65. The van der Waals surface area contributed by atoms with Crippen LogP contribution in [0.25, 0.3) is 0 Å². The molecule has 2 heterocycles. The molecule has 5 heteroatoms. The smallest absolute Gasteiger partial charge is 0.231 e. The molecule has 3 rings (SSSR count).